The van der Waals surface area contributed by atoms with Gasteiger partial charge in [0.15, 0.2) is 0 Å². The molecule has 2 aliphatic rings. The molecule has 2 heterocycles. The van der Waals surface area contributed by atoms with E-state index in [0.29, 0.717) is 42.3 Å². The molecule has 172 valence electrons. The highest BCUT2D eigenvalue weighted by Crippen LogP contribution is 2.28. The van der Waals surface area contributed by atoms with E-state index in [9.17, 15) is 24.6 Å². The van der Waals surface area contributed by atoms with E-state index in [1.165, 1.54) is 4.90 Å². The summed E-state index contributed by atoms with van der Waals surface area (Å²) >= 11 is 0. The molecule has 1 atom stereocenters. The summed E-state index contributed by atoms with van der Waals surface area (Å²) in [5.74, 6) is -1.06. The van der Waals surface area contributed by atoms with Gasteiger partial charge in [-0.15, -0.1) is 0 Å². The van der Waals surface area contributed by atoms with Crippen LogP contribution in [0.4, 0.5) is 17.1 Å². The second kappa shape index (κ2) is 9.39. The molecule has 0 unspecified atom stereocenters. The minimum Gasteiger partial charge on any atom is -0.395 e. The molecule has 4 rings (SSSR count). The van der Waals surface area contributed by atoms with Crippen molar-refractivity contribution in [2.24, 2.45) is 0 Å². The number of carbonyl (C=O) groups excluding carboxylic acids is 3. The number of fused-ring (bicyclic) bond motifs is 2. The van der Waals surface area contributed by atoms with E-state index in [1.807, 2.05) is 6.07 Å². The van der Waals surface area contributed by atoms with Gasteiger partial charge in [-0.25, -0.2) is 0 Å². The standard InChI is InChI=1S/C23H25N5O5/c24-22-17-5-3-15(9-14(17)12-25-22)26-23(33)19(30)11-21(32)28(7-8-29)16-4-1-13-2-6-20(31)27-18(13)10-16/h1,3-5,9-10,19,29-30H,2,6-8,11-12H2,(H2,24,25)(H,26,33)(H,27,31)/t19-/m1/s1. The number of hydrogen-bond acceptors (Lipinski definition) is 6. The fraction of sp³-hybridized carbons (Fsp3) is 0.304. The van der Waals surface area contributed by atoms with Crippen LogP contribution >= 0.6 is 0 Å². The van der Waals surface area contributed by atoms with Crippen molar-refractivity contribution in [3.8, 4) is 0 Å². The number of rotatable bonds is 7. The van der Waals surface area contributed by atoms with Gasteiger partial charge in [0, 0.05) is 42.1 Å². The Hall–Kier alpha value is -3.76. The number of amidine groups is 1. The van der Waals surface area contributed by atoms with Gasteiger partial charge >= 0.3 is 0 Å². The zero-order valence-corrected chi connectivity index (χ0v) is 17.9. The lowest BCUT2D eigenvalue weighted by Crippen LogP contribution is -2.39. The van der Waals surface area contributed by atoms with Crippen molar-refractivity contribution in [1.29, 1.82) is 5.41 Å². The molecule has 0 bridgehead atoms. The van der Waals surface area contributed by atoms with Gasteiger partial charge in [0.1, 0.15) is 11.9 Å². The predicted octanol–water partition coefficient (Wildman–Crippen LogP) is 0.715. The zero-order valence-electron chi connectivity index (χ0n) is 17.9. The maximum absolute atomic E-state index is 12.9. The molecule has 0 fully saturated rings. The van der Waals surface area contributed by atoms with Crippen LogP contribution in [-0.2, 0) is 27.3 Å². The average Bonchev–Trinajstić information content (AvgIpc) is 3.16. The maximum Gasteiger partial charge on any atom is 0.253 e. The minimum absolute atomic E-state index is 0.0241. The Morgan fingerprint density at radius 1 is 1.15 bits per heavy atom. The van der Waals surface area contributed by atoms with Crippen LogP contribution < -0.4 is 20.9 Å². The Labute approximate surface area is 190 Å². The van der Waals surface area contributed by atoms with Crippen LogP contribution in [0.25, 0.3) is 0 Å². The van der Waals surface area contributed by atoms with Gasteiger partial charge in [-0.2, -0.15) is 0 Å². The summed E-state index contributed by atoms with van der Waals surface area (Å²) in [4.78, 5) is 38.3. The Balaban J connectivity index is 1.43. The Morgan fingerprint density at radius 2 is 1.97 bits per heavy atom. The summed E-state index contributed by atoms with van der Waals surface area (Å²) in [5, 5.41) is 35.8. The molecule has 0 saturated heterocycles. The van der Waals surface area contributed by atoms with Crippen molar-refractivity contribution in [1.82, 2.24) is 5.32 Å². The molecule has 2 aromatic rings. The summed E-state index contributed by atoms with van der Waals surface area (Å²) in [7, 11) is 0. The minimum atomic E-state index is -1.60. The topological polar surface area (TPSA) is 155 Å². The lowest BCUT2D eigenvalue weighted by Gasteiger charge is -2.25. The van der Waals surface area contributed by atoms with E-state index in [4.69, 9.17) is 5.41 Å². The Kier molecular flexibility index (Phi) is 6.38. The van der Waals surface area contributed by atoms with Gasteiger partial charge in [0.05, 0.1) is 13.0 Å². The number of hydrogen-bond donors (Lipinski definition) is 6. The first-order chi connectivity index (χ1) is 15.9. The summed E-state index contributed by atoms with van der Waals surface area (Å²) in [6.45, 7) is 0.148. The fourth-order valence-electron chi connectivity index (χ4n) is 3.96. The summed E-state index contributed by atoms with van der Waals surface area (Å²) in [6.07, 6.45) is -1.07. The molecule has 0 aliphatic carbocycles. The average molecular weight is 451 g/mol. The van der Waals surface area contributed by atoms with E-state index in [2.05, 4.69) is 16.0 Å². The molecule has 0 aromatic heterocycles. The van der Waals surface area contributed by atoms with E-state index < -0.39 is 24.3 Å². The highest BCUT2D eigenvalue weighted by molar-refractivity contribution is 6.03. The maximum atomic E-state index is 12.9. The van der Waals surface area contributed by atoms with E-state index in [0.717, 1.165) is 16.7 Å². The van der Waals surface area contributed by atoms with Gasteiger partial charge < -0.3 is 31.1 Å². The number of anilines is 3. The molecule has 0 spiro atoms. The van der Waals surface area contributed by atoms with E-state index >= 15 is 0 Å². The number of nitrogens with zero attached hydrogens (tertiary/aromatic N) is 1. The molecule has 0 radical (unpaired) electrons. The van der Waals surface area contributed by atoms with Crippen LogP contribution in [0.3, 0.4) is 0 Å². The molecule has 6 N–H and O–H groups in total. The first-order valence-electron chi connectivity index (χ1n) is 10.6. The van der Waals surface area contributed by atoms with Crippen LogP contribution in [0.15, 0.2) is 36.4 Å². The molecule has 10 nitrogen and oxygen atoms in total. The zero-order chi connectivity index (χ0) is 23.5. The molecule has 0 saturated carbocycles. The van der Waals surface area contributed by atoms with Crippen molar-refractivity contribution in [2.75, 3.05) is 28.7 Å². The lowest BCUT2D eigenvalue weighted by molar-refractivity contribution is -0.129. The SMILES string of the molecule is N=C1NCc2cc(NC(=O)[C@H](O)CC(=O)N(CCO)c3ccc4c(c3)NC(=O)CC4)ccc21. The summed E-state index contributed by atoms with van der Waals surface area (Å²) in [5.41, 5.74) is 4.09. The van der Waals surface area contributed by atoms with Gasteiger partial charge in [0.25, 0.3) is 5.91 Å². The Bertz CT molecular complexity index is 1130. The predicted molar refractivity (Wildman–Crippen MR) is 122 cm³/mol. The lowest BCUT2D eigenvalue weighted by atomic mass is 10.0. The third-order valence-electron chi connectivity index (χ3n) is 5.69. The first kappa shape index (κ1) is 22.4. The van der Waals surface area contributed by atoms with Gasteiger partial charge in [-0.05, 0) is 47.9 Å². The van der Waals surface area contributed by atoms with Crippen molar-refractivity contribution in [3.05, 3.63) is 53.1 Å². The van der Waals surface area contributed by atoms with Crippen LogP contribution in [-0.4, -0.2) is 53.0 Å². The fourth-order valence-corrected chi connectivity index (χ4v) is 3.96. The number of benzene rings is 2. The molecule has 10 heteroatoms. The molecule has 2 aliphatic heterocycles. The number of aliphatic hydroxyl groups is 2. The third-order valence-corrected chi connectivity index (χ3v) is 5.69. The third kappa shape index (κ3) is 4.86. The monoisotopic (exact) mass is 451 g/mol. The van der Waals surface area contributed by atoms with Crippen molar-refractivity contribution >= 4 is 40.6 Å². The molecular weight excluding hydrogens is 426 g/mol. The second-order valence-electron chi connectivity index (χ2n) is 7.97. The number of amides is 3. The van der Waals surface area contributed by atoms with Gasteiger partial charge in [0.2, 0.25) is 11.8 Å². The quantitative estimate of drug-likeness (QED) is 0.364. The summed E-state index contributed by atoms with van der Waals surface area (Å²) < 4.78 is 0. The van der Waals surface area contributed by atoms with Crippen molar-refractivity contribution < 1.29 is 24.6 Å². The smallest absolute Gasteiger partial charge is 0.253 e. The highest BCUT2D eigenvalue weighted by atomic mass is 16.3. The van der Waals surface area contributed by atoms with Gasteiger partial charge in [-0.3, -0.25) is 19.8 Å². The normalized spacial score (nSPS) is 15.1. The molecule has 3 amide bonds. The van der Waals surface area contributed by atoms with Crippen molar-refractivity contribution in [3.63, 3.8) is 0 Å². The van der Waals surface area contributed by atoms with Gasteiger partial charge in [-0.1, -0.05) is 6.07 Å². The second-order valence-corrected chi connectivity index (χ2v) is 7.97. The number of aliphatic hydroxyl groups excluding tert-OH is 2. The molecular formula is C23H25N5O5. The molecule has 2 aromatic carbocycles. The number of aryl methyl sites for hydroxylation is 1. The number of carbonyl (C=O) groups is 3. The molecule has 33 heavy (non-hydrogen) atoms. The number of nitrogens with one attached hydrogen (secondary N) is 4. The van der Waals surface area contributed by atoms with Crippen LogP contribution in [0.5, 0.6) is 0 Å². The van der Waals surface area contributed by atoms with Crippen LogP contribution in [0, 0.1) is 5.41 Å². The summed E-state index contributed by atoms with van der Waals surface area (Å²) in [6, 6.07) is 10.2. The largest absolute Gasteiger partial charge is 0.395 e. The van der Waals surface area contributed by atoms with Crippen LogP contribution in [0.2, 0.25) is 0 Å². The Morgan fingerprint density at radius 3 is 2.76 bits per heavy atom. The van der Waals surface area contributed by atoms with Crippen LogP contribution in [0.1, 0.15) is 29.5 Å². The van der Waals surface area contributed by atoms with Crippen molar-refractivity contribution in [2.45, 2.75) is 31.9 Å². The highest BCUT2D eigenvalue weighted by Gasteiger charge is 2.25. The van der Waals surface area contributed by atoms with E-state index in [1.54, 1.807) is 30.3 Å². The first-order valence-corrected chi connectivity index (χ1v) is 10.6. The van der Waals surface area contributed by atoms with E-state index in [-0.39, 0.29) is 19.1 Å².